The van der Waals surface area contributed by atoms with Crippen LogP contribution in [0, 0.1) is 5.41 Å². The molecule has 1 aliphatic heterocycles. The molecule has 1 aromatic carbocycles. The van der Waals surface area contributed by atoms with E-state index in [9.17, 15) is 5.11 Å². The number of nitrogens with two attached hydrogens (primary N) is 1. The first-order chi connectivity index (χ1) is 7.58. The number of nitrogens with zero attached hydrogens (tertiary/aromatic N) is 1. The molecule has 1 aromatic rings. The zero-order chi connectivity index (χ0) is 11.7. The number of anilines is 1. The van der Waals surface area contributed by atoms with Crippen molar-refractivity contribution < 1.29 is 5.11 Å². The van der Waals surface area contributed by atoms with Gasteiger partial charge in [-0.2, -0.15) is 0 Å². The Morgan fingerprint density at radius 2 is 2.31 bits per heavy atom. The molecule has 0 amide bonds. The van der Waals surface area contributed by atoms with Gasteiger partial charge in [-0.1, -0.05) is 15.9 Å². The van der Waals surface area contributed by atoms with Crippen molar-refractivity contribution in [3.63, 3.8) is 0 Å². The van der Waals surface area contributed by atoms with Crippen LogP contribution in [0.25, 0.3) is 0 Å². The molecule has 2 rings (SSSR count). The molecule has 0 radical (unpaired) electrons. The van der Waals surface area contributed by atoms with E-state index in [1.807, 2.05) is 18.2 Å². The maximum atomic E-state index is 9.52. The summed E-state index contributed by atoms with van der Waals surface area (Å²) in [5.74, 6) is 0.0592. The third-order valence-corrected chi connectivity index (χ3v) is 3.25. The standard InChI is InChI=1S/C11H14BrN3O/c12-7-1-2-9(11(13)14)10(5-7)15-4-3-8(16)6-15/h1-2,5,8,16H,3-4,6H2,(H3,13,14). The van der Waals surface area contributed by atoms with Gasteiger partial charge >= 0.3 is 0 Å². The van der Waals surface area contributed by atoms with Crippen LogP contribution < -0.4 is 10.6 Å². The number of β-amino-alcohol motifs (C(OH)–C–C–N with tert-alkyl or cyclic N) is 1. The summed E-state index contributed by atoms with van der Waals surface area (Å²) < 4.78 is 0.953. The Morgan fingerprint density at radius 3 is 2.88 bits per heavy atom. The Hall–Kier alpha value is -1.07. The van der Waals surface area contributed by atoms with E-state index in [4.69, 9.17) is 11.1 Å². The summed E-state index contributed by atoms with van der Waals surface area (Å²) in [7, 11) is 0. The molecule has 1 fully saturated rings. The molecule has 4 nitrogen and oxygen atoms in total. The average molecular weight is 284 g/mol. The normalized spacial score (nSPS) is 20.1. The van der Waals surface area contributed by atoms with E-state index in [-0.39, 0.29) is 11.9 Å². The lowest BCUT2D eigenvalue weighted by atomic mass is 10.1. The van der Waals surface area contributed by atoms with Gasteiger partial charge in [-0.05, 0) is 24.6 Å². The molecular weight excluding hydrogens is 270 g/mol. The fourth-order valence-corrected chi connectivity index (χ4v) is 2.30. The summed E-state index contributed by atoms with van der Waals surface area (Å²) in [6.45, 7) is 1.41. The van der Waals surface area contributed by atoms with Crippen LogP contribution in [0.4, 0.5) is 5.69 Å². The number of rotatable bonds is 2. The molecule has 0 aliphatic carbocycles. The topological polar surface area (TPSA) is 73.3 Å². The first-order valence-electron chi connectivity index (χ1n) is 5.15. The van der Waals surface area contributed by atoms with Gasteiger partial charge in [-0.3, -0.25) is 5.41 Å². The minimum atomic E-state index is -0.279. The van der Waals surface area contributed by atoms with Gasteiger partial charge in [0.05, 0.1) is 6.10 Å². The van der Waals surface area contributed by atoms with Gasteiger partial charge < -0.3 is 15.7 Å². The maximum Gasteiger partial charge on any atom is 0.124 e. The number of hydrogen-bond donors (Lipinski definition) is 3. The minimum absolute atomic E-state index is 0.0592. The van der Waals surface area contributed by atoms with Gasteiger partial charge in [0.25, 0.3) is 0 Å². The van der Waals surface area contributed by atoms with Crippen LogP contribution in [0.1, 0.15) is 12.0 Å². The lowest BCUT2D eigenvalue weighted by Crippen LogP contribution is -2.25. The molecule has 86 valence electrons. The Balaban J connectivity index is 2.37. The van der Waals surface area contributed by atoms with E-state index >= 15 is 0 Å². The Morgan fingerprint density at radius 1 is 1.56 bits per heavy atom. The molecule has 1 saturated heterocycles. The zero-order valence-corrected chi connectivity index (χ0v) is 10.4. The van der Waals surface area contributed by atoms with Crippen molar-refractivity contribution in [2.75, 3.05) is 18.0 Å². The predicted molar refractivity (Wildman–Crippen MR) is 68.0 cm³/mol. The number of nitrogen functional groups attached to an aromatic ring is 1. The molecule has 0 aromatic heterocycles. The number of nitrogens with one attached hydrogen (secondary N) is 1. The van der Waals surface area contributed by atoms with Crippen LogP contribution in [-0.2, 0) is 0 Å². The second-order valence-corrected chi connectivity index (χ2v) is 4.88. The van der Waals surface area contributed by atoms with Crippen molar-refractivity contribution in [2.24, 2.45) is 5.73 Å². The number of benzene rings is 1. The van der Waals surface area contributed by atoms with E-state index < -0.39 is 0 Å². The molecular formula is C11H14BrN3O. The SMILES string of the molecule is N=C(N)c1ccc(Br)cc1N1CCC(O)C1. The molecule has 1 atom stereocenters. The molecule has 0 saturated carbocycles. The fourth-order valence-electron chi connectivity index (χ4n) is 1.95. The molecule has 16 heavy (non-hydrogen) atoms. The van der Waals surface area contributed by atoms with Crippen molar-refractivity contribution in [1.29, 1.82) is 5.41 Å². The lowest BCUT2D eigenvalue weighted by molar-refractivity contribution is 0.198. The highest BCUT2D eigenvalue weighted by atomic mass is 79.9. The van der Waals surface area contributed by atoms with E-state index in [2.05, 4.69) is 20.8 Å². The van der Waals surface area contributed by atoms with E-state index in [1.54, 1.807) is 0 Å². The van der Waals surface area contributed by atoms with E-state index in [0.717, 1.165) is 28.7 Å². The van der Waals surface area contributed by atoms with Crippen LogP contribution >= 0.6 is 15.9 Å². The van der Waals surface area contributed by atoms with E-state index in [0.29, 0.717) is 6.54 Å². The van der Waals surface area contributed by atoms with Gasteiger partial charge in [0.2, 0.25) is 0 Å². The summed E-state index contributed by atoms with van der Waals surface area (Å²) in [4.78, 5) is 2.06. The maximum absolute atomic E-state index is 9.52. The number of amidine groups is 1. The molecule has 1 aliphatic rings. The first-order valence-corrected chi connectivity index (χ1v) is 5.94. The second-order valence-electron chi connectivity index (χ2n) is 3.96. The molecule has 1 unspecified atom stereocenters. The molecule has 0 bridgehead atoms. The van der Waals surface area contributed by atoms with Crippen LogP contribution in [0.3, 0.4) is 0 Å². The first kappa shape index (κ1) is 11.4. The quantitative estimate of drug-likeness (QED) is 0.566. The van der Waals surface area contributed by atoms with Crippen LogP contribution in [0.5, 0.6) is 0 Å². The van der Waals surface area contributed by atoms with Crippen LogP contribution in [0.15, 0.2) is 22.7 Å². The van der Waals surface area contributed by atoms with Crippen molar-refractivity contribution in [3.8, 4) is 0 Å². The Bertz CT molecular complexity index is 422. The second kappa shape index (κ2) is 4.43. The highest BCUT2D eigenvalue weighted by Crippen LogP contribution is 2.27. The Labute approximate surface area is 103 Å². The Kier molecular flexibility index (Phi) is 3.16. The monoisotopic (exact) mass is 283 g/mol. The number of halogens is 1. The third-order valence-electron chi connectivity index (χ3n) is 2.75. The number of aliphatic hydroxyl groups is 1. The number of aliphatic hydroxyl groups excluding tert-OH is 1. The van der Waals surface area contributed by atoms with Gasteiger partial charge in [0.15, 0.2) is 0 Å². The average Bonchev–Trinajstić information content (AvgIpc) is 2.64. The predicted octanol–water partition coefficient (Wildman–Crippen LogP) is 1.30. The summed E-state index contributed by atoms with van der Waals surface area (Å²) in [6, 6.07) is 5.63. The van der Waals surface area contributed by atoms with E-state index in [1.165, 1.54) is 0 Å². The van der Waals surface area contributed by atoms with Crippen molar-refractivity contribution in [1.82, 2.24) is 0 Å². The van der Waals surface area contributed by atoms with Crippen LogP contribution in [0.2, 0.25) is 0 Å². The largest absolute Gasteiger partial charge is 0.391 e. The molecule has 1 heterocycles. The minimum Gasteiger partial charge on any atom is -0.391 e. The van der Waals surface area contributed by atoms with Crippen molar-refractivity contribution in [2.45, 2.75) is 12.5 Å². The fraction of sp³-hybridized carbons (Fsp3) is 0.364. The highest BCUT2D eigenvalue weighted by molar-refractivity contribution is 9.10. The van der Waals surface area contributed by atoms with Crippen LogP contribution in [-0.4, -0.2) is 30.1 Å². The zero-order valence-electron chi connectivity index (χ0n) is 8.78. The van der Waals surface area contributed by atoms with Crippen molar-refractivity contribution >= 4 is 27.5 Å². The van der Waals surface area contributed by atoms with Gasteiger partial charge in [-0.25, -0.2) is 0 Å². The van der Waals surface area contributed by atoms with Gasteiger partial charge in [0.1, 0.15) is 5.84 Å². The lowest BCUT2D eigenvalue weighted by Gasteiger charge is -2.21. The summed E-state index contributed by atoms with van der Waals surface area (Å²) in [6.07, 6.45) is 0.489. The molecule has 4 N–H and O–H groups in total. The third kappa shape index (κ3) is 2.20. The van der Waals surface area contributed by atoms with Gasteiger partial charge in [-0.15, -0.1) is 0 Å². The summed E-state index contributed by atoms with van der Waals surface area (Å²) >= 11 is 3.41. The molecule has 0 spiro atoms. The van der Waals surface area contributed by atoms with Crippen molar-refractivity contribution in [3.05, 3.63) is 28.2 Å². The number of hydrogen-bond acceptors (Lipinski definition) is 3. The van der Waals surface area contributed by atoms with Gasteiger partial charge in [0, 0.05) is 28.8 Å². The highest BCUT2D eigenvalue weighted by Gasteiger charge is 2.23. The summed E-state index contributed by atoms with van der Waals surface area (Å²) in [5, 5.41) is 17.1. The smallest absolute Gasteiger partial charge is 0.124 e. The summed E-state index contributed by atoms with van der Waals surface area (Å²) in [5.41, 5.74) is 7.18. The molecule has 5 heteroatoms.